The van der Waals surface area contributed by atoms with E-state index < -0.39 is 11.6 Å². The van der Waals surface area contributed by atoms with Gasteiger partial charge < -0.3 is 0 Å². The van der Waals surface area contributed by atoms with Gasteiger partial charge in [0.2, 0.25) is 0 Å². The van der Waals surface area contributed by atoms with Gasteiger partial charge >= 0.3 is 0 Å². The monoisotopic (exact) mass is 196 g/mol. The van der Waals surface area contributed by atoms with E-state index in [0.29, 0.717) is 5.92 Å². The molecule has 0 bridgehead atoms. The SMILES string of the molecule is CC1CC1C(=O)c1cccc(F)c1F. The Kier molecular flexibility index (Phi) is 2.10. The van der Waals surface area contributed by atoms with E-state index in [1.807, 2.05) is 6.92 Å². The Morgan fingerprint density at radius 2 is 2.07 bits per heavy atom. The number of carbonyl (C=O) groups excluding carboxylic acids is 1. The molecule has 1 fully saturated rings. The van der Waals surface area contributed by atoms with Crippen molar-refractivity contribution in [3.05, 3.63) is 35.4 Å². The van der Waals surface area contributed by atoms with E-state index in [0.717, 1.165) is 12.5 Å². The molecule has 2 unspecified atom stereocenters. The van der Waals surface area contributed by atoms with Crippen LogP contribution in [0.25, 0.3) is 0 Å². The maximum atomic E-state index is 13.2. The third-order valence-electron chi connectivity index (χ3n) is 2.66. The van der Waals surface area contributed by atoms with Crippen LogP contribution < -0.4 is 0 Å². The maximum absolute atomic E-state index is 13.2. The zero-order valence-corrected chi connectivity index (χ0v) is 7.76. The second-order valence-electron chi connectivity index (χ2n) is 3.79. The van der Waals surface area contributed by atoms with Crippen LogP contribution in [-0.4, -0.2) is 5.78 Å². The summed E-state index contributed by atoms with van der Waals surface area (Å²) in [6.07, 6.45) is 0.786. The van der Waals surface area contributed by atoms with Crippen LogP contribution in [-0.2, 0) is 0 Å². The molecule has 0 aliphatic heterocycles. The molecule has 0 amide bonds. The van der Waals surface area contributed by atoms with E-state index in [1.54, 1.807) is 0 Å². The lowest BCUT2D eigenvalue weighted by molar-refractivity contribution is 0.0957. The molecule has 1 aromatic rings. The number of halogens is 2. The smallest absolute Gasteiger partial charge is 0.169 e. The highest BCUT2D eigenvalue weighted by molar-refractivity contribution is 5.99. The highest BCUT2D eigenvalue weighted by Crippen LogP contribution is 2.40. The average molecular weight is 196 g/mol. The molecule has 1 aliphatic rings. The fourth-order valence-electron chi connectivity index (χ4n) is 1.58. The minimum atomic E-state index is -1.02. The van der Waals surface area contributed by atoms with Crippen molar-refractivity contribution in [1.29, 1.82) is 0 Å². The van der Waals surface area contributed by atoms with Crippen LogP contribution in [0.1, 0.15) is 23.7 Å². The molecule has 1 saturated carbocycles. The topological polar surface area (TPSA) is 17.1 Å². The lowest BCUT2D eigenvalue weighted by Gasteiger charge is -2.01. The van der Waals surface area contributed by atoms with Crippen LogP contribution in [0.5, 0.6) is 0 Å². The Hall–Kier alpha value is -1.25. The lowest BCUT2D eigenvalue weighted by atomic mass is 10.1. The van der Waals surface area contributed by atoms with Gasteiger partial charge in [0.1, 0.15) is 0 Å². The number of hydrogen-bond acceptors (Lipinski definition) is 1. The van der Waals surface area contributed by atoms with Gasteiger partial charge in [-0.05, 0) is 24.5 Å². The first-order valence-corrected chi connectivity index (χ1v) is 4.59. The lowest BCUT2D eigenvalue weighted by Crippen LogP contribution is -2.07. The molecule has 3 heteroatoms. The van der Waals surface area contributed by atoms with Crippen LogP contribution >= 0.6 is 0 Å². The van der Waals surface area contributed by atoms with E-state index in [-0.39, 0.29) is 17.3 Å². The van der Waals surface area contributed by atoms with E-state index in [2.05, 4.69) is 0 Å². The molecule has 14 heavy (non-hydrogen) atoms. The van der Waals surface area contributed by atoms with Crippen molar-refractivity contribution in [2.24, 2.45) is 11.8 Å². The van der Waals surface area contributed by atoms with Gasteiger partial charge in [0, 0.05) is 5.92 Å². The maximum Gasteiger partial charge on any atom is 0.169 e. The molecule has 0 aromatic heterocycles. The van der Waals surface area contributed by atoms with Crippen LogP contribution in [0.15, 0.2) is 18.2 Å². The molecule has 0 radical (unpaired) electrons. The summed E-state index contributed by atoms with van der Waals surface area (Å²) in [6, 6.07) is 3.72. The number of benzene rings is 1. The Balaban J connectivity index is 2.32. The van der Waals surface area contributed by atoms with Gasteiger partial charge in [-0.2, -0.15) is 0 Å². The van der Waals surface area contributed by atoms with E-state index in [1.165, 1.54) is 12.1 Å². The summed E-state index contributed by atoms with van der Waals surface area (Å²) >= 11 is 0. The summed E-state index contributed by atoms with van der Waals surface area (Å²) in [4.78, 5) is 11.6. The zero-order valence-electron chi connectivity index (χ0n) is 7.76. The molecule has 2 rings (SSSR count). The van der Waals surface area contributed by atoms with Gasteiger partial charge in [0.05, 0.1) is 5.56 Å². The Morgan fingerprint density at radius 1 is 1.43 bits per heavy atom. The van der Waals surface area contributed by atoms with Gasteiger partial charge in [0.25, 0.3) is 0 Å². The summed E-state index contributed by atoms with van der Waals surface area (Å²) in [5, 5.41) is 0. The summed E-state index contributed by atoms with van der Waals surface area (Å²) in [6.45, 7) is 1.93. The number of rotatable bonds is 2. The normalized spacial score (nSPS) is 24.8. The molecule has 1 aliphatic carbocycles. The zero-order chi connectivity index (χ0) is 10.3. The summed E-state index contributed by atoms with van der Waals surface area (Å²) in [5.74, 6) is -2.04. The van der Waals surface area contributed by atoms with Gasteiger partial charge in [0.15, 0.2) is 17.4 Å². The molecule has 1 nitrogen and oxygen atoms in total. The third-order valence-corrected chi connectivity index (χ3v) is 2.66. The van der Waals surface area contributed by atoms with Crippen molar-refractivity contribution < 1.29 is 13.6 Å². The molecule has 1 aromatic carbocycles. The molecule has 0 N–H and O–H groups in total. The van der Waals surface area contributed by atoms with Crippen LogP contribution in [0.3, 0.4) is 0 Å². The summed E-state index contributed by atoms with van der Waals surface area (Å²) < 4.78 is 26.0. The first kappa shape index (κ1) is 9.31. The predicted octanol–water partition coefficient (Wildman–Crippen LogP) is 2.80. The van der Waals surface area contributed by atoms with Crippen molar-refractivity contribution in [2.45, 2.75) is 13.3 Å². The third kappa shape index (κ3) is 1.43. The van der Waals surface area contributed by atoms with Crippen LogP contribution in [0.2, 0.25) is 0 Å². The first-order chi connectivity index (χ1) is 6.61. The Morgan fingerprint density at radius 3 is 2.64 bits per heavy atom. The highest BCUT2D eigenvalue weighted by Gasteiger charge is 2.40. The molecule has 74 valence electrons. The van der Waals surface area contributed by atoms with Gasteiger partial charge in [-0.15, -0.1) is 0 Å². The molecule has 2 atom stereocenters. The van der Waals surface area contributed by atoms with E-state index in [4.69, 9.17) is 0 Å². The Labute approximate surface area is 80.7 Å². The van der Waals surface area contributed by atoms with Crippen molar-refractivity contribution >= 4 is 5.78 Å². The van der Waals surface area contributed by atoms with Crippen molar-refractivity contribution in [2.75, 3.05) is 0 Å². The molecule has 0 spiro atoms. The minimum absolute atomic E-state index is 0.105. The molecule has 0 heterocycles. The fraction of sp³-hybridized carbons (Fsp3) is 0.364. The second kappa shape index (κ2) is 3.15. The standard InChI is InChI=1S/C11H10F2O/c1-6-5-8(6)11(14)7-3-2-4-9(12)10(7)13/h2-4,6,8H,5H2,1H3. The molecular weight excluding hydrogens is 186 g/mol. The van der Waals surface area contributed by atoms with Gasteiger partial charge in [-0.25, -0.2) is 8.78 Å². The largest absolute Gasteiger partial charge is 0.294 e. The predicted molar refractivity (Wildman–Crippen MR) is 48.0 cm³/mol. The first-order valence-electron chi connectivity index (χ1n) is 4.59. The minimum Gasteiger partial charge on any atom is -0.294 e. The summed E-state index contributed by atoms with van der Waals surface area (Å²) in [5.41, 5.74) is -0.112. The van der Waals surface area contributed by atoms with Crippen LogP contribution in [0.4, 0.5) is 8.78 Å². The second-order valence-corrected chi connectivity index (χ2v) is 3.79. The summed E-state index contributed by atoms with van der Waals surface area (Å²) in [7, 11) is 0. The number of hydrogen-bond donors (Lipinski definition) is 0. The quantitative estimate of drug-likeness (QED) is 0.665. The number of Topliss-reactive ketones (excluding diaryl/α,β-unsaturated/α-hetero) is 1. The Bertz CT molecular complexity index is 387. The van der Waals surface area contributed by atoms with Gasteiger partial charge in [-0.3, -0.25) is 4.79 Å². The van der Waals surface area contributed by atoms with E-state index >= 15 is 0 Å². The van der Waals surface area contributed by atoms with E-state index in [9.17, 15) is 13.6 Å². The average Bonchev–Trinajstić information content (AvgIpc) is 2.87. The van der Waals surface area contributed by atoms with Gasteiger partial charge in [-0.1, -0.05) is 13.0 Å². The molecule has 0 saturated heterocycles. The van der Waals surface area contributed by atoms with Crippen LogP contribution in [0, 0.1) is 23.5 Å². The number of carbonyl (C=O) groups is 1. The molecular formula is C11H10F2O. The van der Waals surface area contributed by atoms with Crippen molar-refractivity contribution in [1.82, 2.24) is 0 Å². The highest BCUT2D eigenvalue weighted by atomic mass is 19.2. The van der Waals surface area contributed by atoms with Crippen molar-refractivity contribution in [3.8, 4) is 0 Å². The van der Waals surface area contributed by atoms with Crippen molar-refractivity contribution in [3.63, 3.8) is 0 Å². The number of ketones is 1. The fourth-order valence-corrected chi connectivity index (χ4v) is 1.58.